The summed E-state index contributed by atoms with van der Waals surface area (Å²) in [6.07, 6.45) is 2.34. The number of hydrogen-bond acceptors (Lipinski definition) is 2. The summed E-state index contributed by atoms with van der Waals surface area (Å²) in [5.74, 6) is 1.46. The van der Waals surface area contributed by atoms with Crippen LogP contribution in [0.1, 0.15) is 32.3 Å². The van der Waals surface area contributed by atoms with Crippen LogP contribution in [0.5, 0.6) is 5.75 Å². The third-order valence-electron chi connectivity index (χ3n) is 2.68. The number of ether oxygens (including phenoxy) is 1. The van der Waals surface area contributed by atoms with Crippen LogP contribution in [-0.4, -0.2) is 18.3 Å². The quantitative estimate of drug-likeness (QED) is 0.801. The summed E-state index contributed by atoms with van der Waals surface area (Å²) < 4.78 is 5.28. The van der Waals surface area contributed by atoms with Crippen LogP contribution in [0.2, 0.25) is 0 Å². The number of methoxy groups -OCH3 is 1. The zero-order chi connectivity index (χ0) is 12.0. The minimum absolute atomic E-state index is 0.204. The van der Waals surface area contributed by atoms with Gasteiger partial charge in [-0.05, 0) is 36.8 Å². The fraction of sp³-hybridized carbons (Fsp3) is 0.571. The van der Waals surface area contributed by atoms with Crippen LogP contribution in [0.15, 0.2) is 24.3 Å². The van der Waals surface area contributed by atoms with E-state index in [1.54, 1.807) is 7.11 Å². The van der Waals surface area contributed by atoms with Crippen molar-refractivity contribution in [1.82, 2.24) is 0 Å². The lowest BCUT2D eigenvalue weighted by Crippen LogP contribution is -2.11. The molecule has 0 aliphatic heterocycles. The minimum Gasteiger partial charge on any atom is -0.496 e. The van der Waals surface area contributed by atoms with E-state index in [9.17, 15) is 5.11 Å². The lowest BCUT2D eigenvalue weighted by Gasteiger charge is -2.14. The number of aliphatic hydroxyl groups excluding tert-OH is 1. The Morgan fingerprint density at radius 3 is 2.56 bits per heavy atom. The Balaban J connectivity index is 2.47. The normalized spacial score (nSPS) is 12.8. The van der Waals surface area contributed by atoms with E-state index < -0.39 is 0 Å². The fourth-order valence-electron chi connectivity index (χ4n) is 1.89. The maximum atomic E-state index is 9.80. The Morgan fingerprint density at radius 2 is 1.94 bits per heavy atom. The Kier molecular flexibility index (Phi) is 5.33. The molecule has 1 aromatic carbocycles. The van der Waals surface area contributed by atoms with E-state index in [1.165, 1.54) is 5.56 Å². The van der Waals surface area contributed by atoms with Gasteiger partial charge in [-0.3, -0.25) is 0 Å². The summed E-state index contributed by atoms with van der Waals surface area (Å²) in [4.78, 5) is 0. The van der Waals surface area contributed by atoms with Crippen LogP contribution in [0.4, 0.5) is 0 Å². The molecular weight excluding hydrogens is 200 g/mol. The molecule has 0 aliphatic carbocycles. The smallest absolute Gasteiger partial charge is 0.122 e. The van der Waals surface area contributed by atoms with Gasteiger partial charge in [0.1, 0.15) is 5.75 Å². The number of aliphatic hydroxyl groups is 1. The highest BCUT2D eigenvalue weighted by atomic mass is 16.5. The molecule has 0 bridgehead atoms. The molecule has 0 fully saturated rings. The monoisotopic (exact) mass is 222 g/mol. The molecular formula is C14H22O2. The summed E-state index contributed by atoms with van der Waals surface area (Å²) >= 11 is 0. The zero-order valence-electron chi connectivity index (χ0n) is 10.4. The van der Waals surface area contributed by atoms with Crippen molar-refractivity contribution >= 4 is 0 Å². The molecule has 90 valence electrons. The molecule has 1 rings (SSSR count). The second-order valence-corrected chi connectivity index (χ2v) is 4.63. The predicted octanol–water partition coefficient (Wildman–Crippen LogP) is 3.03. The van der Waals surface area contributed by atoms with Crippen molar-refractivity contribution in [3.8, 4) is 5.75 Å². The van der Waals surface area contributed by atoms with Gasteiger partial charge in [0.15, 0.2) is 0 Å². The van der Waals surface area contributed by atoms with Crippen molar-refractivity contribution < 1.29 is 9.84 Å². The van der Waals surface area contributed by atoms with E-state index in [2.05, 4.69) is 19.9 Å². The first-order valence-electron chi connectivity index (χ1n) is 5.93. The number of hydrogen-bond donors (Lipinski definition) is 1. The minimum atomic E-state index is -0.204. The zero-order valence-corrected chi connectivity index (χ0v) is 10.4. The third-order valence-corrected chi connectivity index (χ3v) is 2.68. The van der Waals surface area contributed by atoms with Gasteiger partial charge in [0, 0.05) is 0 Å². The fourth-order valence-corrected chi connectivity index (χ4v) is 1.89. The SMILES string of the molecule is COc1ccccc1CCC(O)CC(C)C. The van der Waals surface area contributed by atoms with Crippen LogP contribution in [0.3, 0.4) is 0 Å². The Bertz CT molecular complexity index is 307. The number of rotatable bonds is 6. The molecule has 1 atom stereocenters. The molecule has 1 N–H and O–H groups in total. The third kappa shape index (κ3) is 4.23. The molecule has 1 aromatic rings. The molecule has 0 heterocycles. The summed E-state index contributed by atoms with van der Waals surface area (Å²) in [5.41, 5.74) is 1.17. The van der Waals surface area contributed by atoms with Crippen LogP contribution in [-0.2, 0) is 6.42 Å². The van der Waals surface area contributed by atoms with Gasteiger partial charge in [0.25, 0.3) is 0 Å². The van der Waals surface area contributed by atoms with Crippen molar-refractivity contribution in [3.63, 3.8) is 0 Å². The van der Waals surface area contributed by atoms with E-state index in [0.717, 1.165) is 25.0 Å². The number of para-hydroxylation sites is 1. The molecule has 0 saturated heterocycles. The van der Waals surface area contributed by atoms with E-state index in [-0.39, 0.29) is 6.10 Å². The molecule has 1 unspecified atom stereocenters. The Hall–Kier alpha value is -1.02. The van der Waals surface area contributed by atoms with Gasteiger partial charge < -0.3 is 9.84 Å². The maximum Gasteiger partial charge on any atom is 0.122 e. The van der Waals surface area contributed by atoms with Gasteiger partial charge in [-0.25, -0.2) is 0 Å². The lowest BCUT2D eigenvalue weighted by atomic mass is 9.99. The summed E-state index contributed by atoms with van der Waals surface area (Å²) in [6.45, 7) is 4.26. The Labute approximate surface area is 98.3 Å². The molecule has 0 amide bonds. The molecule has 0 aromatic heterocycles. The highest BCUT2D eigenvalue weighted by Crippen LogP contribution is 2.20. The van der Waals surface area contributed by atoms with Gasteiger partial charge >= 0.3 is 0 Å². The van der Waals surface area contributed by atoms with Crippen LogP contribution < -0.4 is 4.74 Å². The highest BCUT2D eigenvalue weighted by Gasteiger charge is 2.09. The molecule has 0 saturated carbocycles. The topological polar surface area (TPSA) is 29.5 Å². The number of aryl methyl sites for hydroxylation is 1. The summed E-state index contributed by atoms with van der Waals surface area (Å²) in [7, 11) is 1.68. The van der Waals surface area contributed by atoms with Crippen molar-refractivity contribution in [2.45, 2.75) is 39.2 Å². The first-order chi connectivity index (χ1) is 7.63. The maximum absolute atomic E-state index is 9.80. The molecule has 16 heavy (non-hydrogen) atoms. The van der Waals surface area contributed by atoms with E-state index in [0.29, 0.717) is 5.92 Å². The predicted molar refractivity (Wildman–Crippen MR) is 66.8 cm³/mol. The lowest BCUT2D eigenvalue weighted by molar-refractivity contribution is 0.139. The first-order valence-corrected chi connectivity index (χ1v) is 5.93. The second-order valence-electron chi connectivity index (χ2n) is 4.63. The van der Waals surface area contributed by atoms with Crippen molar-refractivity contribution in [2.24, 2.45) is 5.92 Å². The first kappa shape index (κ1) is 13.0. The largest absolute Gasteiger partial charge is 0.496 e. The van der Waals surface area contributed by atoms with E-state index in [1.807, 2.05) is 18.2 Å². The van der Waals surface area contributed by atoms with E-state index >= 15 is 0 Å². The van der Waals surface area contributed by atoms with E-state index in [4.69, 9.17) is 4.74 Å². The van der Waals surface area contributed by atoms with Crippen molar-refractivity contribution in [2.75, 3.05) is 7.11 Å². The van der Waals surface area contributed by atoms with Crippen LogP contribution in [0.25, 0.3) is 0 Å². The van der Waals surface area contributed by atoms with Gasteiger partial charge in [-0.2, -0.15) is 0 Å². The molecule has 2 heteroatoms. The Morgan fingerprint density at radius 1 is 1.25 bits per heavy atom. The molecule has 0 spiro atoms. The van der Waals surface area contributed by atoms with Gasteiger partial charge in [0.2, 0.25) is 0 Å². The second kappa shape index (κ2) is 6.54. The molecule has 2 nitrogen and oxygen atoms in total. The summed E-state index contributed by atoms with van der Waals surface area (Å²) in [6, 6.07) is 7.99. The average molecular weight is 222 g/mol. The van der Waals surface area contributed by atoms with Crippen LogP contribution >= 0.6 is 0 Å². The van der Waals surface area contributed by atoms with Crippen molar-refractivity contribution in [3.05, 3.63) is 29.8 Å². The molecule has 0 aliphatic rings. The molecule has 0 radical (unpaired) electrons. The summed E-state index contributed by atoms with van der Waals surface area (Å²) in [5, 5.41) is 9.80. The van der Waals surface area contributed by atoms with Gasteiger partial charge in [-0.1, -0.05) is 32.0 Å². The van der Waals surface area contributed by atoms with Crippen LogP contribution in [0, 0.1) is 5.92 Å². The highest BCUT2D eigenvalue weighted by molar-refractivity contribution is 5.33. The standard InChI is InChI=1S/C14H22O2/c1-11(2)10-13(15)9-8-12-6-4-5-7-14(12)16-3/h4-7,11,13,15H,8-10H2,1-3H3. The van der Waals surface area contributed by atoms with Crippen molar-refractivity contribution in [1.29, 1.82) is 0 Å². The average Bonchev–Trinajstić information content (AvgIpc) is 2.26. The van der Waals surface area contributed by atoms with Gasteiger partial charge in [-0.15, -0.1) is 0 Å². The van der Waals surface area contributed by atoms with Gasteiger partial charge in [0.05, 0.1) is 13.2 Å². The number of benzene rings is 1.